The molecule has 0 radical (unpaired) electrons. The lowest BCUT2D eigenvalue weighted by molar-refractivity contribution is 0.128. The van der Waals surface area contributed by atoms with Crippen LogP contribution in [0.5, 0.6) is 0 Å². The molecule has 0 saturated heterocycles. The van der Waals surface area contributed by atoms with E-state index in [1.165, 1.54) is 0 Å². The zero-order valence-corrected chi connectivity index (χ0v) is 12.6. The van der Waals surface area contributed by atoms with Gasteiger partial charge in [-0.05, 0) is 35.0 Å². The number of hydrazine groups is 1. The number of nitrogens with two attached hydrogens (primary N) is 1. The minimum absolute atomic E-state index is 0.344. The Kier molecular flexibility index (Phi) is 5.28. The van der Waals surface area contributed by atoms with Crippen molar-refractivity contribution in [1.29, 1.82) is 0 Å². The Morgan fingerprint density at radius 2 is 2.00 bits per heavy atom. The highest BCUT2D eigenvalue weighted by molar-refractivity contribution is 9.10. The Balaban J connectivity index is 2.24. The maximum atomic E-state index is 5.42. The number of nitrogen functional groups attached to an aromatic ring is 1. The van der Waals surface area contributed by atoms with Crippen LogP contribution in [0.15, 0.2) is 34.8 Å². The Bertz CT molecular complexity index is 578. The van der Waals surface area contributed by atoms with E-state index in [0.717, 1.165) is 10.2 Å². The maximum Gasteiger partial charge on any atom is 0.158 e. The molecule has 1 aromatic carbocycles. The molecule has 1 aromatic heterocycles. The summed E-state index contributed by atoms with van der Waals surface area (Å²) in [5, 5.41) is 3.21. The first-order valence-electron chi connectivity index (χ1n) is 6.16. The molecule has 0 saturated carbocycles. The van der Waals surface area contributed by atoms with Crippen LogP contribution in [-0.2, 0) is 11.3 Å². The van der Waals surface area contributed by atoms with Gasteiger partial charge < -0.3 is 15.5 Å². The van der Waals surface area contributed by atoms with Crippen LogP contribution >= 0.6 is 15.9 Å². The molecule has 20 heavy (non-hydrogen) atoms. The number of nitrogens with zero attached hydrogens (tertiary/aromatic N) is 2. The van der Waals surface area contributed by atoms with Gasteiger partial charge in [0, 0.05) is 17.1 Å². The number of rotatable bonds is 6. The van der Waals surface area contributed by atoms with Crippen LogP contribution in [0.1, 0.15) is 12.7 Å². The van der Waals surface area contributed by atoms with E-state index in [1.54, 1.807) is 6.07 Å². The lowest BCUT2D eigenvalue weighted by atomic mass is 10.3. The van der Waals surface area contributed by atoms with Crippen molar-refractivity contribution in [3.8, 4) is 0 Å². The van der Waals surface area contributed by atoms with Crippen molar-refractivity contribution in [2.45, 2.75) is 13.5 Å². The van der Waals surface area contributed by atoms with E-state index in [1.807, 2.05) is 31.2 Å². The van der Waals surface area contributed by atoms with Crippen molar-refractivity contribution in [3.05, 3.63) is 40.6 Å². The SMILES string of the molecule is CCOCc1nc(NN)cc(Nc2ccccc2Br)n1. The van der Waals surface area contributed by atoms with Crippen molar-refractivity contribution in [2.24, 2.45) is 5.84 Å². The fourth-order valence-corrected chi connectivity index (χ4v) is 1.98. The van der Waals surface area contributed by atoms with Gasteiger partial charge >= 0.3 is 0 Å². The predicted octanol–water partition coefficient (Wildman–Crippen LogP) is 2.80. The molecule has 0 amide bonds. The van der Waals surface area contributed by atoms with Crippen molar-refractivity contribution < 1.29 is 4.74 Å². The number of nitrogens with one attached hydrogen (secondary N) is 2. The normalized spacial score (nSPS) is 10.3. The van der Waals surface area contributed by atoms with E-state index in [2.05, 4.69) is 36.6 Å². The molecule has 0 spiro atoms. The van der Waals surface area contributed by atoms with Crippen LogP contribution in [-0.4, -0.2) is 16.6 Å². The Morgan fingerprint density at radius 1 is 1.25 bits per heavy atom. The summed E-state index contributed by atoms with van der Waals surface area (Å²) in [7, 11) is 0. The Hall–Kier alpha value is -1.70. The molecule has 7 heteroatoms. The molecule has 0 atom stereocenters. The minimum atomic E-state index is 0.344. The van der Waals surface area contributed by atoms with Crippen molar-refractivity contribution in [3.63, 3.8) is 0 Å². The second-order valence-corrected chi connectivity index (χ2v) is 4.80. The van der Waals surface area contributed by atoms with Gasteiger partial charge in [-0.15, -0.1) is 0 Å². The lowest BCUT2D eigenvalue weighted by Gasteiger charge is -2.11. The van der Waals surface area contributed by atoms with E-state index in [9.17, 15) is 0 Å². The molecule has 106 valence electrons. The van der Waals surface area contributed by atoms with E-state index < -0.39 is 0 Å². The topological polar surface area (TPSA) is 85.1 Å². The molecule has 2 rings (SSSR count). The molecule has 0 aliphatic carbocycles. The minimum Gasteiger partial charge on any atom is -0.374 e. The quantitative estimate of drug-likeness (QED) is 0.555. The van der Waals surface area contributed by atoms with E-state index >= 15 is 0 Å². The monoisotopic (exact) mass is 337 g/mol. The van der Waals surface area contributed by atoms with E-state index in [4.69, 9.17) is 10.6 Å². The fourth-order valence-electron chi connectivity index (χ4n) is 1.59. The molecule has 4 N–H and O–H groups in total. The van der Waals surface area contributed by atoms with Crippen molar-refractivity contribution in [1.82, 2.24) is 9.97 Å². The predicted molar refractivity (Wildman–Crippen MR) is 82.6 cm³/mol. The number of anilines is 3. The third-order valence-electron chi connectivity index (χ3n) is 2.49. The summed E-state index contributed by atoms with van der Waals surface area (Å²) in [6.07, 6.45) is 0. The van der Waals surface area contributed by atoms with Gasteiger partial charge in [0.1, 0.15) is 18.2 Å². The van der Waals surface area contributed by atoms with Gasteiger partial charge in [0.05, 0.1) is 5.69 Å². The Labute approximate surface area is 125 Å². The molecular formula is C13H16BrN5O. The van der Waals surface area contributed by atoms with E-state index in [-0.39, 0.29) is 0 Å². The summed E-state index contributed by atoms with van der Waals surface area (Å²) in [6.45, 7) is 2.87. The molecule has 0 unspecified atom stereocenters. The van der Waals surface area contributed by atoms with Crippen LogP contribution in [0, 0.1) is 0 Å². The van der Waals surface area contributed by atoms with Gasteiger partial charge in [0.2, 0.25) is 0 Å². The van der Waals surface area contributed by atoms with Gasteiger partial charge in [-0.3, -0.25) is 0 Å². The molecule has 1 heterocycles. The van der Waals surface area contributed by atoms with Gasteiger partial charge in [0.25, 0.3) is 0 Å². The first-order chi connectivity index (χ1) is 9.72. The molecular weight excluding hydrogens is 322 g/mol. The first-order valence-corrected chi connectivity index (χ1v) is 6.96. The maximum absolute atomic E-state index is 5.42. The molecule has 0 aliphatic rings. The fraction of sp³-hybridized carbons (Fsp3) is 0.231. The summed E-state index contributed by atoms with van der Waals surface area (Å²) in [4.78, 5) is 8.62. The number of para-hydroxylation sites is 1. The van der Waals surface area contributed by atoms with Crippen LogP contribution in [0.2, 0.25) is 0 Å². The van der Waals surface area contributed by atoms with Crippen LogP contribution < -0.4 is 16.6 Å². The summed E-state index contributed by atoms with van der Waals surface area (Å²) in [5.41, 5.74) is 3.44. The summed E-state index contributed by atoms with van der Waals surface area (Å²) in [6, 6.07) is 9.52. The van der Waals surface area contributed by atoms with Gasteiger partial charge in [-0.25, -0.2) is 15.8 Å². The first kappa shape index (κ1) is 14.7. The molecule has 0 aliphatic heterocycles. The largest absolute Gasteiger partial charge is 0.374 e. The number of hydrogen-bond donors (Lipinski definition) is 3. The Morgan fingerprint density at radius 3 is 2.70 bits per heavy atom. The molecule has 6 nitrogen and oxygen atoms in total. The molecule has 2 aromatic rings. The van der Waals surface area contributed by atoms with Gasteiger partial charge in [0.15, 0.2) is 5.82 Å². The van der Waals surface area contributed by atoms with Crippen molar-refractivity contribution >= 4 is 33.3 Å². The van der Waals surface area contributed by atoms with Crippen LogP contribution in [0.4, 0.5) is 17.3 Å². The highest BCUT2D eigenvalue weighted by atomic mass is 79.9. The number of ether oxygens (including phenoxy) is 1. The van der Waals surface area contributed by atoms with Crippen LogP contribution in [0.3, 0.4) is 0 Å². The number of hydrogen-bond acceptors (Lipinski definition) is 6. The van der Waals surface area contributed by atoms with E-state index in [0.29, 0.717) is 30.7 Å². The second-order valence-electron chi connectivity index (χ2n) is 3.94. The molecule has 0 fully saturated rings. The third-order valence-corrected chi connectivity index (χ3v) is 3.18. The number of halogens is 1. The average molecular weight is 338 g/mol. The number of benzene rings is 1. The highest BCUT2D eigenvalue weighted by Crippen LogP contribution is 2.25. The zero-order chi connectivity index (χ0) is 14.4. The average Bonchev–Trinajstić information content (AvgIpc) is 2.47. The number of aromatic nitrogens is 2. The summed E-state index contributed by atoms with van der Waals surface area (Å²) in [5.74, 6) is 7.17. The zero-order valence-electron chi connectivity index (χ0n) is 11.1. The van der Waals surface area contributed by atoms with Gasteiger partial charge in [-0.1, -0.05) is 12.1 Å². The third kappa shape index (κ3) is 3.89. The van der Waals surface area contributed by atoms with Crippen LogP contribution in [0.25, 0.3) is 0 Å². The molecule has 0 bridgehead atoms. The smallest absolute Gasteiger partial charge is 0.158 e. The second kappa shape index (κ2) is 7.18. The summed E-state index contributed by atoms with van der Waals surface area (Å²) >= 11 is 3.48. The van der Waals surface area contributed by atoms with Gasteiger partial charge in [-0.2, -0.15) is 0 Å². The lowest BCUT2D eigenvalue weighted by Crippen LogP contribution is -2.12. The summed E-state index contributed by atoms with van der Waals surface area (Å²) < 4.78 is 6.27. The van der Waals surface area contributed by atoms with Crippen molar-refractivity contribution in [2.75, 3.05) is 17.3 Å². The highest BCUT2D eigenvalue weighted by Gasteiger charge is 2.06. The standard InChI is InChI=1S/C13H16BrN5O/c1-2-20-8-13-17-11(7-12(18-13)19-15)16-10-6-4-3-5-9(10)14/h3-7H,2,8,15H2,1H3,(H2,16,17,18,19).